The summed E-state index contributed by atoms with van der Waals surface area (Å²) >= 11 is 2.05. The van der Waals surface area contributed by atoms with Crippen LogP contribution in [0.5, 0.6) is 0 Å². The third-order valence-electron chi connectivity index (χ3n) is 5.74. The third-order valence-corrected chi connectivity index (χ3v) is 6.69. The molecule has 6 nitrogen and oxygen atoms in total. The standard InChI is InChI=1S/C22H32N6S/c1-3-23-22(28-9-8-19(17-28)20-15-25-26(2)16-20)24-14-18-4-6-21(7-5-18)27-10-12-29-13-11-27/h4-7,15-16,19H,3,8-14,17H2,1-2H3,(H,23,24). The maximum atomic E-state index is 4.93. The van der Waals surface area contributed by atoms with E-state index in [-0.39, 0.29) is 0 Å². The molecule has 1 unspecified atom stereocenters. The molecule has 1 aromatic heterocycles. The molecule has 2 saturated heterocycles. The molecule has 0 amide bonds. The molecule has 29 heavy (non-hydrogen) atoms. The van der Waals surface area contributed by atoms with Crippen LogP contribution in [0, 0.1) is 0 Å². The second-order valence-electron chi connectivity index (χ2n) is 7.81. The summed E-state index contributed by atoms with van der Waals surface area (Å²) in [6.07, 6.45) is 5.29. The van der Waals surface area contributed by atoms with Gasteiger partial charge in [-0.1, -0.05) is 12.1 Å². The van der Waals surface area contributed by atoms with E-state index in [0.29, 0.717) is 12.5 Å². The number of nitrogens with one attached hydrogen (secondary N) is 1. The Morgan fingerprint density at radius 1 is 1.21 bits per heavy atom. The number of likely N-dealkylation sites (tertiary alicyclic amines) is 1. The van der Waals surface area contributed by atoms with Crippen molar-refractivity contribution in [1.82, 2.24) is 20.0 Å². The molecule has 0 aliphatic carbocycles. The highest BCUT2D eigenvalue weighted by Gasteiger charge is 2.26. The number of anilines is 1. The van der Waals surface area contributed by atoms with Crippen LogP contribution in [-0.4, -0.2) is 64.9 Å². The summed E-state index contributed by atoms with van der Waals surface area (Å²) in [6.45, 7) is 8.08. The van der Waals surface area contributed by atoms with E-state index in [0.717, 1.165) is 45.1 Å². The number of nitrogens with zero attached hydrogens (tertiary/aromatic N) is 5. The van der Waals surface area contributed by atoms with E-state index in [1.807, 2.05) is 29.7 Å². The first-order valence-electron chi connectivity index (χ1n) is 10.7. The Kier molecular flexibility index (Phi) is 6.64. The fraction of sp³-hybridized carbons (Fsp3) is 0.545. The molecular formula is C22H32N6S. The third kappa shape index (κ3) is 5.07. The van der Waals surface area contributed by atoms with Crippen molar-refractivity contribution < 1.29 is 0 Å². The molecule has 2 aliphatic heterocycles. The number of hydrogen-bond donors (Lipinski definition) is 1. The lowest BCUT2D eigenvalue weighted by atomic mass is 10.0. The number of aromatic nitrogens is 2. The van der Waals surface area contributed by atoms with Crippen molar-refractivity contribution in [1.29, 1.82) is 0 Å². The maximum absolute atomic E-state index is 4.93. The van der Waals surface area contributed by atoms with E-state index in [2.05, 4.69) is 57.6 Å². The first-order chi connectivity index (χ1) is 14.2. The Labute approximate surface area is 178 Å². The quantitative estimate of drug-likeness (QED) is 0.604. The first-order valence-corrected chi connectivity index (χ1v) is 11.8. The van der Waals surface area contributed by atoms with Crippen molar-refractivity contribution in [2.24, 2.45) is 12.0 Å². The first kappa shape index (κ1) is 20.1. The lowest BCUT2D eigenvalue weighted by Crippen LogP contribution is -2.40. The molecule has 7 heteroatoms. The van der Waals surface area contributed by atoms with Crippen molar-refractivity contribution in [2.45, 2.75) is 25.8 Å². The molecule has 4 rings (SSSR count). The summed E-state index contributed by atoms with van der Waals surface area (Å²) in [4.78, 5) is 9.81. The van der Waals surface area contributed by atoms with Gasteiger partial charge in [-0.3, -0.25) is 4.68 Å². The van der Waals surface area contributed by atoms with E-state index < -0.39 is 0 Å². The highest BCUT2D eigenvalue weighted by atomic mass is 32.2. The Bertz CT molecular complexity index is 809. The Morgan fingerprint density at radius 3 is 2.69 bits per heavy atom. The van der Waals surface area contributed by atoms with Crippen LogP contribution >= 0.6 is 11.8 Å². The van der Waals surface area contributed by atoms with Crippen LogP contribution in [-0.2, 0) is 13.6 Å². The largest absolute Gasteiger partial charge is 0.370 e. The number of guanidine groups is 1. The molecule has 0 bridgehead atoms. The van der Waals surface area contributed by atoms with Gasteiger partial charge in [0.25, 0.3) is 0 Å². The molecule has 156 valence electrons. The summed E-state index contributed by atoms with van der Waals surface area (Å²) in [5, 5.41) is 7.81. The van der Waals surface area contributed by atoms with Gasteiger partial charge in [0.1, 0.15) is 0 Å². The van der Waals surface area contributed by atoms with Crippen LogP contribution in [0.25, 0.3) is 0 Å². The van der Waals surface area contributed by atoms with Gasteiger partial charge in [-0.05, 0) is 36.6 Å². The zero-order valence-corrected chi connectivity index (χ0v) is 18.4. The fourth-order valence-electron chi connectivity index (χ4n) is 4.10. The second kappa shape index (κ2) is 9.57. The minimum atomic E-state index is 0.537. The smallest absolute Gasteiger partial charge is 0.194 e. The van der Waals surface area contributed by atoms with Gasteiger partial charge in [0.05, 0.1) is 12.7 Å². The van der Waals surface area contributed by atoms with Gasteiger partial charge in [0.15, 0.2) is 5.96 Å². The maximum Gasteiger partial charge on any atom is 0.194 e. The molecule has 0 spiro atoms. The number of aliphatic imine (C=N–C) groups is 1. The van der Waals surface area contributed by atoms with Crippen molar-refractivity contribution >= 4 is 23.4 Å². The van der Waals surface area contributed by atoms with Gasteiger partial charge in [-0.25, -0.2) is 4.99 Å². The summed E-state index contributed by atoms with van der Waals surface area (Å²) in [7, 11) is 1.98. The molecule has 2 aromatic rings. The highest BCUT2D eigenvalue weighted by Crippen LogP contribution is 2.27. The number of thioether (sulfide) groups is 1. The average molecular weight is 413 g/mol. The number of aryl methyl sites for hydroxylation is 1. The normalized spacial score (nSPS) is 20.3. The molecular weight excluding hydrogens is 380 g/mol. The molecule has 1 N–H and O–H groups in total. The average Bonchev–Trinajstić information content (AvgIpc) is 3.41. The number of hydrogen-bond acceptors (Lipinski definition) is 4. The topological polar surface area (TPSA) is 48.7 Å². The van der Waals surface area contributed by atoms with E-state index in [9.17, 15) is 0 Å². The summed E-state index contributed by atoms with van der Waals surface area (Å²) < 4.78 is 1.89. The van der Waals surface area contributed by atoms with Crippen molar-refractivity contribution in [2.75, 3.05) is 49.1 Å². The SMILES string of the molecule is CCNC(=NCc1ccc(N2CCSCC2)cc1)N1CCC(c2cnn(C)c2)C1. The summed E-state index contributed by atoms with van der Waals surface area (Å²) in [6, 6.07) is 8.96. The van der Waals surface area contributed by atoms with Gasteiger partial charge >= 0.3 is 0 Å². The van der Waals surface area contributed by atoms with Crippen LogP contribution in [0.1, 0.15) is 30.4 Å². The van der Waals surface area contributed by atoms with E-state index in [1.54, 1.807) is 0 Å². The highest BCUT2D eigenvalue weighted by molar-refractivity contribution is 7.99. The molecule has 2 fully saturated rings. The minimum Gasteiger partial charge on any atom is -0.370 e. The molecule has 0 radical (unpaired) electrons. The molecule has 3 heterocycles. The lowest BCUT2D eigenvalue weighted by Gasteiger charge is -2.28. The van der Waals surface area contributed by atoms with Crippen LogP contribution in [0.4, 0.5) is 5.69 Å². The monoisotopic (exact) mass is 412 g/mol. The van der Waals surface area contributed by atoms with Crippen LogP contribution in [0.3, 0.4) is 0 Å². The van der Waals surface area contributed by atoms with Crippen molar-refractivity contribution in [3.63, 3.8) is 0 Å². The summed E-state index contributed by atoms with van der Waals surface area (Å²) in [5.41, 5.74) is 3.93. The van der Waals surface area contributed by atoms with Gasteiger partial charge in [-0.2, -0.15) is 16.9 Å². The molecule has 1 aromatic carbocycles. The predicted octanol–water partition coefficient (Wildman–Crippen LogP) is 2.93. The fourth-order valence-corrected chi connectivity index (χ4v) is 5.00. The second-order valence-corrected chi connectivity index (χ2v) is 9.04. The van der Waals surface area contributed by atoms with E-state index >= 15 is 0 Å². The van der Waals surface area contributed by atoms with Crippen LogP contribution in [0.2, 0.25) is 0 Å². The zero-order chi connectivity index (χ0) is 20.1. The van der Waals surface area contributed by atoms with Gasteiger partial charge in [-0.15, -0.1) is 0 Å². The van der Waals surface area contributed by atoms with Crippen molar-refractivity contribution in [3.05, 3.63) is 47.8 Å². The number of benzene rings is 1. The molecule has 1 atom stereocenters. The Hall–Kier alpha value is -2.15. The Morgan fingerprint density at radius 2 is 2.00 bits per heavy atom. The lowest BCUT2D eigenvalue weighted by molar-refractivity contribution is 0.486. The Balaban J connectivity index is 1.38. The van der Waals surface area contributed by atoms with Gasteiger partial charge in [0.2, 0.25) is 0 Å². The molecule has 2 aliphatic rings. The van der Waals surface area contributed by atoms with E-state index in [4.69, 9.17) is 4.99 Å². The number of rotatable bonds is 5. The van der Waals surface area contributed by atoms with Gasteiger partial charge < -0.3 is 15.1 Å². The minimum absolute atomic E-state index is 0.537. The summed E-state index contributed by atoms with van der Waals surface area (Å²) in [5.74, 6) is 4.02. The van der Waals surface area contributed by atoms with E-state index in [1.165, 1.54) is 28.3 Å². The van der Waals surface area contributed by atoms with Crippen LogP contribution in [0.15, 0.2) is 41.7 Å². The zero-order valence-electron chi connectivity index (χ0n) is 17.5. The predicted molar refractivity (Wildman–Crippen MR) is 123 cm³/mol. The van der Waals surface area contributed by atoms with Crippen LogP contribution < -0.4 is 10.2 Å². The molecule has 0 saturated carbocycles. The van der Waals surface area contributed by atoms with Crippen molar-refractivity contribution in [3.8, 4) is 0 Å². The van der Waals surface area contributed by atoms with Gasteiger partial charge in [0, 0.05) is 69.1 Å².